The van der Waals surface area contributed by atoms with Crippen molar-refractivity contribution in [1.29, 1.82) is 0 Å². The summed E-state index contributed by atoms with van der Waals surface area (Å²) < 4.78 is 10.1. The van der Waals surface area contributed by atoms with Crippen molar-refractivity contribution in [3.05, 3.63) is 28.2 Å². The average molecular weight is 349 g/mol. The van der Waals surface area contributed by atoms with Gasteiger partial charge in [-0.1, -0.05) is 23.2 Å². The third kappa shape index (κ3) is 6.19. The lowest BCUT2D eigenvalue weighted by Gasteiger charge is -2.14. The summed E-state index contributed by atoms with van der Waals surface area (Å²) in [6, 6.07) is 4.53. The van der Waals surface area contributed by atoms with E-state index in [0.717, 1.165) is 0 Å². The Morgan fingerprint density at radius 3 is 2.59 bits per heavy atom. The van der Waals surface area contributed by atoms with E-state index in [1.54, 1.807) is 6.07 Å². The Hall–Kier alpha value is -1.99. The second kappa shape index (κ2) is 8.45. The number of nitrogens with one attached hydrogen (secondary N) is 1. The molecule has 3 N–H and O–H groups in total. The van der Waals surface area contributed by atoms with Crippen molar-refractivity contribution in [3.8, 4) is 5.75 Å². The van der Waals surface area contributed by atoms with Crippen LogP contribution in [0.5, 0.6) is 5.75 Å². The molecule has 0 fully saturated rings. The van der Waals surface area contributed by atoms with E-state index < -0.39 is 30.5 Å². The third-order valence-electron chi connectivity index (χ3n) is 2.33. The highest BCUT2D eigenvalue weighted by atomic mass is 35.5. The molecule has 1 aromatic carbocycles. The Labute approximate surface area is 136 Å². The van der Waals surface area contributed by atoms with Crippen LogP contribution in [0.25, 0.3) is 0 Å². The molecule has 0 aliphatic carbocycles. The van der Waals surface area contributed by atoms with Crippen LogP contribution in [0, 0.1) is 0 Å². The maximum Gasteiger partial charge on any atom is 0.347 e. The van der Waals surface area contributed by atoms with Gasteiger partial charge in [-0.25, -0.2) is 4.79 Å². The Morgan fingerprint density at radius 1 is 1.32 bits per heavy atom. The van der Waals surface area contributed by atoms with Crippen LogP contribution < -0.4 is 15.8 Å². The van der Waals surface area contributed by atoms with Crippen LogP contribution in [-0.4, -0.2) is 37.0 Å². The van der Waals surface area contributed by atoms with Gasteiger partial charge < -0.3 is 20.5 Å². The average Bonchev–Trinajstić information content (AvgIpc) is 2.45. The molecule has 1 rings (SSSR count). The predicted molar refractivity (Wildman–Crippen MR) is 79.7 cm³/mol. The van der Waals surface area contributed by atoms with Gasteiger partial charge in [0.2, 0.25) is 5.91 Å². The normalized spacial score (nSPS) is 11.4. The number of ether oxygens (including phenoxy) is 2. The summed E-state index contributed by atoms with van der Waals surface area (Å²) in [6.07, 6.45) is -0.984. The molecular weight excluding hydrogens is 335 g/mol. The van der Waals surface area contributed by atoms with E-state index in [9.17, 15) is 14.4 Å². The Balaban J connectivity index is 2.45. The summed E-state index contributed by atoms with van der Waals surface area (Å²) in [6.45, 7) is 0.561. The molecule has 0 spiro atoms. The number of halogens is 2. The monoisotopic (exact) mass is 348 g/mol. The third-order valence-corrected chi connectivity index (χ3v) is 2.87. The standard InChI is InChI=1S/C13H14Cl2N2O5/c1-7(22-10-3-2-8(14)4-9(10)15)13(20)21-6-12(19)17-5-11(16)18/h2-4,7H,5-6H2,1H3,(H2,16,18)(H,17,19)/t7-/m1/s1. The highest BCUT2D eigenvalue weighted by Crippen LogP contribution is 2.28. The summed E-state index contributed by atoms with van der Waals surface area (Å²) in [5.74, 6) is -1.86. The van der Waals surface area contributed by atoms with Crippen LogP contribution in [0.4, 0.5) is 0 Å². The summed E-state index contributed by atoms with van der Waals surface area (Å²) >= 11 is 11.7. The number of carbonyl (C=O) groups excluding carboxylic acids is 3. The van der Waals surface area contributed by atoms with E-state index in [-0.39, 0.29) is 17.3 Å². The Kier molecular flexibility index (Phi) is 6.94. The number of carbonyl (C=O) groups is 3. The lowest BCUT2D eigenvalue weighted by Crippen LogP contribution is -2.37. The fraction of sp³-hybridized carbons (Fsp3) is 0.308. The summed E-state index contributed by atoms with van der Waals surface area (Å²) in [5, 5.41) is 2.85. The molecule has 22 heavy (non-hydrogen) atoms. The van der Waals surface area contributed by atoms with Crippen molar-refractivity contribution < 1.29 is 23.9 Å². The van der Waals surface area contributed by atoms with Crippen LogP contribution in [0.2, 0.25) is 10.0 Å². The summed E-state index contributed by atoms with van der Waals surface area (Å²) in [7, 11) is 0. The van der Waals surface area contributed by atoms with Gasteiger partial charge in [0.05, 0.1) is 11.6 Å². The molecule has 2 amide bonds. The molecule has 0 heterocycles. The molecule has 120 valence electrons. The van der Waals surface area contributed by atoms with E-state index >= 15 is 0 Å². The molecule has 1 atom stereocenters. The van der Waals surface area contributed by atoms with Crippen molar-refractivity contribution in [3.63, 3.8) is 0 Å². The largest absolute Gasteiger partial charge is 0.477 e. The van der Waals surface area contributed by atoms with Crippen molar-refractivity contribution in [1.82, 2.24) is 5.32 Å². The molecule has 0 aliphatic rings. The van der Waals surface area contributed by atoms with Gasteiger partial charge in [0.15, 0.2) is 12.7 Å². The summed E-state index contributed by atoms with van der Waals surface area (Å²) in [4.78, 5) is 33.4. The van der Waals surface area contributed by atoms with Gasteiger partial charge in [-0.05, 0) is 25.1 Å². The number of primary amides is 1. The van der Waals surface area contributed by atoms with Crippen LogP contribution in [0.1, 0.15) is 6.92 Å². The molecule has 0 saturated heterocycles. The van der Waals surface area contributed by atoms with E-state index in [4.69, 9.17) is 38.4 Å². The number of benzene rings is 1. The number of rotatable bonds is 7. The molecule has 0 aliphatic heterocycles. The maximum absolute atomic E-state index is 11.7. The quantitative estimate of drug-likeness (QED) is 0.712. The lowest BCUT2D eigenvalue weighted by molar-refractivity contribution is -0.154. The van der Waals surface area contributed by atoms with E-state index in [1.165, 1.54) is 19.1 Å². The number of nitrogens with two attached hydrogens (primary N) is 1. The molecule has 0 radical (unpaired) electrons. The first-order chi connectivity index (χ1) is 10.3. The Bertz CT molecular complexity index is 580. The fourth-order valence-corrected chi connectivity index (χ4v) is 1.75. The van der Waals surface area contributed by atoms with Crippen LogP contribution in [-0.2, 0) is 19.1 Å². The first kappa shape index (κ1) is 18.1. The highest BCUT2D eigenvalue weighted by molar-refractivity contribution is 6.35. The fourth-order valence-electron chi connectivity index (χ4n) is 1.30. The number of hydrogen-bond acceptors (Lipinski definition) is 5. The van der Waals surface area contributed by atoms with Gasteiger partial charge in [-0.3, -0.25) is 9.59 Å². The molecule has 0 aromatic heterocycles. The van der Waals surface area contributed by atoms with Gasteiger partial charge in [0.25, 0.3) is 5.91 Å². The molecular formula is C13H14Cl2N2O5. The first-order valence-corrected chi connectivity index (χ1v) is 6.88. The molecule has 7 nitrogen and oxygen atoms in total. The molecule has 0 unspecified atom stereocenters. The van der Waals surface area contributed by atoms with E-state index in [1.807, 2.05) is 0 Å². The molecule has 1 aromatic rings. The topological polar surface area (TPSA) is 108 Å². The van der Waals surface area contributed by atoms with Crippen molar-refractivity contribution in [2.24, 2.45) is 5.73 Å². The van der Waals surface area contributed by atoms with Gasteiger partial charge >= 0.3 is 5.97 Å². The number of amides is 2. The molecule has 9 heteroatoms. The second-order valence-electron chi connectivity index (χ2n) is 4.19. The Morgan fingerprint density at radius 2 is 2.00 bits per heavy atom. The van der Waals surface area contributed by atoms with Crippen molar-refractivity contribution >= 4 is 41.0 Å². The van der Waals surface area contributed by atoms with Gasteiger partial charge in [-0.15, -0.1) is 0 Å². The van der Waals surface area contributed by atoms with Gasteiger partial charge in [-0.2, -0.15) is 0 Å². The minimum atomic E-state index is -0.984. The number of esters is 1. The van der Waals surface area contributed by atoms with Crippen LogP contribution in [0.15, 0.2) is 18.2 Å². The number of hydrogen-bond donors (Lipinski definition) is 2. The van der Waals surface area contributed by atoms with Gasteiger partial charge in [0, 0.05) is 5.02 Å². The van der Waals surface area contributed by atoms with E-state index in [0.29, 0.717) is 5.02 Å². The van der Waals surface area contributed by atoms with Gasteiger partial charge in [0.1, 0.15) is 5.75 Å². The minimum Gasteiger partial charge on any atom is -0.477 e. The summed E-state index contributed by atoms with van der Waals surface area (Å²) in [5.41, 5.74) is 4.85. The zero-order valence-electron chi connectivity index (χ0n) is 11.6. The maximum atomic E-state index is 11.7. The van der Waals surface area contributed by atoms with Crippen LogP contribution in [0.3, 0.4) is 0 Å². The van der Waals surface area contributed by atoms with E-state index in [2.05, 4.69) is 5.32 Å². The smallest absolute Gasteiger partial charge is 0.347 e. The van der Waals surface area contributed by atoms with Crippen LogP contribution >= 0.6 is 23.2 Å². The van der Waals surface area contributed by atoms with Crippen molar-refractivity contribution in [2.45, 2.75) is 13.0 Å². The SMILES string of the molecule is C[C@@H](Oc1ccc(Cl)cc1Cl)C(=O)OCC(=O)NCC(N)=O. The molecule has 0 bridgehead atoms. The zero-order valence-corrected chi connectivity index (χ0v) is 13.1. The zero-order chi connectivity index (χ0) is 16.7. The van der Waals surface area contributed by atoms with Crippen molar-refractivity contribution in [2.75, 3.05) is 13.2 Å². The molecule has 0 saturated carbocycles. The highest BCUT2D eigenvalue weighted by Gasteiger charge is 2.19. The first-order valence-electron chi connectivity index (χ1n) is 6.13. The lowest BCUT2D eigenvalue weighted by atomic mass is 10.3. The minimum absolute atomic E-state index is 0.242. The predicted octanol–water partition coefficient (Wildman–Crippen LogP) is 0.905. The second-order valence-corrected chi connectivity index (χ2v) is 5.03.